The van der Waals surface area contributed by atoms with Crippen molar-refractivity contribution in [2.75, 3.05) is 22.6 Å². The number of hydrogen-bond acceptors (Lipinski definition) is 6. The summed E-state index contributed by atoms with van der Waals surface area (Å²) in [6, 6.07) is 5.66. The molecule has 1 amide bonds. The van der Waals surface area contributed by atoms with E-state index >= 15 is 0 Å². The highest BCUT2D eigenvalue weighted by molar-refractivity contribution is 8.02. The Morgan fingerprint density at radius 2 is 2.08 bits per heavy atom. The van der Waals surface area contributed by atoms with E-state index in [-0.39, 0.29) is 22.5 Å². The van der Waals surface area contributed by atoms with Crippen LogP contribution in [0.25, 0.3) is 0 Å². The number of ether oxygens (including phenoxy) is 1. The number of benzene rings is 1. The van der Waals surface area contributed by atoms with Gasteiger partial charge in [0, 0.05) is 10.9 Å². The van der Waals surface area contributed by atoms with Crippen molar-refractivity contribution in [1.29, 1.82) is 0 Å². The van der Waals surface area contributed by atoms with Gasteiger partial charge in [-0.15, -0.1) is 11.8 Å². The highest BCUT2D eigenvalue weighted by atomic mass is 32.2. The molecule has 25 heavy (non-hydrogen) atoms. The van der Waals surface area contributed by atoms with Gasteiger partial charge in [0.2, 0.25) is 0 Å². The SMILES string of the molecule is Cc1ccc(NC(=O)[C@@H](C)OC(=O)CS[C@H]2CCS(=O)(=O)C2)c(C)c1. The number of amides is 1. The van der Waals surface area contributed by atoms with Crippen molar-refractivity contribution >= 4 is 39.2 Å². The van der Waals surface area contributed by atoms with E-state index in [2.05, 4.69) is 5.32 Å². The smallest absolute Gasteiger partial charge is 0.316 e. The maximum Gasteiger partial charge on any atom is 0.316 e. The fraction of sp³-hybridized carbons (Fsp3) is 0.529. The number of rotatable bonds is 6. The first kappa shape index (κ1) is 19.8. The number of anilines is 1. The summed E-state index contributed by atoms with van der Waals surface area (Å²) >= 11 is 1.27. The molecule has 1 aliphatic rings. The fourth-order valence-electron chi connectivity index (χ4n) is 2.55. The third-order valence-electron chi connectivity index (χ3n) is 3.94. The van der Waals surface area contributed by atoms with Crippen LogP contribution in [0.5, 0.6) is 0 Å². The largest absolute Gasteiger partial charge is 0.452 e. The van der Waals surface area contributed by atoms with Crippen LogP contribution in [0.2, 0.25) is 0 Å². The monoisotopic (exact) mass is 385 g/mol. The second-order valence-corrected chi connectivity index (χ2v) is 9.79. The summed E-state index contributed by atoms with van der Waals surface area (Å²) in [6.45, 7) is 5.38. The van der Waals surface area contributed by atoms with E-state index < -0.39 is 27.8 Å². The summed E-state index contributed by atoms with van der Waals surface area (Å²) in [6.07, 6.45) is -0.357. The normalized spacial score (nSPS) is 20.0. The summed E-state index contributed by atoms with van der Waals surface area (Å²) in [5.74, 6) is -0.588. The number of carbonyl (C=O) groups excluding carboxylic acids is 2. The van der Waals surface area contributed by atoms with E-state index in [1.54, 1.807) is 0 Å². The highest BCUT2D eigenvalue weighted by Crippen LogP contribution is 2.24. The van der Waals surface area contributed by atoms with Crippen molar-refractivity contribution in [2.24, 2.45) is 0 Å². The van der Waals surface area contributed by atoms with Gasteiger partial charge in [-0.3, -0.25) is 9.59 Å². The molecule has 1 aliphatic heterocycles. The van der Waals surface area contributed by atoms with Crippen LogP contribution in [0.4, 0.5) is 5.69 Å². The molecule has 0 unspecified atom stereocenters. The number of hydrogen-bond donors (Lipinski definition) is 1. The van der Waals surface area contributed by atoms with Crippen LogP contribution >= 0.6 is 11.8 Å². The first-order valence-electron chi connectivity index (χ1n) is 8.06. The molecule has 0 aliphatic carbocycles. The average molecular weight is 386 g/mol. The Labute approximate surface area is 152 Å². The van der Waals surface area contributed by atoms with Crippen LogP contribution in [-0.4, -0.2) is 48.9 Å². The minimum Gasteiger partial charge on any atom is -0.452 e. The Morgan fingerprint density at radius 3 is 2.68 bits per heavy atom. The maximum absolute atomic E-state index is 12.2. The molecule has 2 rings (SSSR count). The molecule has 0 bridgehead atoms. The van der Waals surface area contributed by atoms with Crippen LogP contribution in [0.3, 0.4) is 0 Å². The maximum atomic E-state index is 12.2. The van der Waals surface area contributed by atoms with E-state index in [0.29, 0.717) is 12.1 Å². The van der Waals surface area contributed by atoms with Crippen LogP contribution < -0.4 is 5.32 Å². The van der Waals surface area contributed by atoms with Crippen molar-refractivity contribution in [1.82, 2.24) is 0 Å². The van der Waals surface area contributed by atoms with Gasteiger partial charge in [0.05, 0.1) is 17.3 Å². The number of thioether (sulfide) groups is 1. The molecule has 1 fully saturated rings. The predicted octanol–water partition coefficient (Wildman–Crippen LogP) is 2.09. The molecule has 1 aromatic carbocycles. The molecule has 6 nitrogen and oxygen atoms in total. The van der Waals surface area contributed by atoms with E-state index in [4.69, 9.17) is 4.74 Å². The standard InChI is InChI=1S/C17H23NO5S2/c1-11-4-5-15(12(2)8-11)18-17(20)13(3)23-16(19)9-24-14-6-7-25(21,22)10-14/h4-5,8,13-14H,6-7,9-10H2,1-3H3,(H,18,20)/t13-,14+/m1/s1. The zero-order valence-corrected chi connectivity index (χ0v) is 16.2. The molecule has 1 saturated heterocycles. The predicted molar refractivity (Wildman–Crippen MR) is 99.6 cm³/mol. The van der Waals surface area contributed by atoms with Gasteiger partial charge in [0.25, 0.3) is 5.91 Å². The fourth-order valence-corrected chi connectivity index (χ4v) is 5.98. The molecule has 1 N–H and O–H groups in total. The molecule has 0 spiro atoms. The molecular weight excluding hydrogens is 362 g/mol. The quantitative estimate of drug-likeness (QED) is 0.754. The second kappa shape index (κ2) is 8.23. The van der Waals surface area contributed by atoms with Crippen molar-refractivity contribution in [3.05, 3.63) is 29.3 Å². The number of aryl methyl sites for hydroxylation is 2. The van der Waals surface area contributed by atoms with Crippen LogP contribution in [0.15, 0.2) is 18.2 Å². The Morgan fingerprint density at radius 1 is 1.36 bits per heavy atom. The van der Waals surface area contributed by atoms with Gasteiger partial charge in [-0.05, 0) is 38.8 Å². The second-order valence-electron chi connectivity index (χ2n) is 6.28. The number of nitrogens with one attached hydrogen (secondary N) is 1. The van der Waals surface area contributed by atoms with Crippen molar-refractivity contribution in [3.63, 3.8) is 0 Å². The Bertz CT molecular complexity index is 760. The van der Waals surface area contributed by atoms with E-state index in [1.807, 2.05) is 32.0 Å². The minimum absolute atomic E-state index is 0.0430. The van der Waals surface area contributed by atoms with Gasteiger partial charge < -0.3 is 10.1 Å². The summed E-state index contributed by atoms with van der Waals surface area (Å²) in [4.78, 5) is 24.0. The summed E-state index contributed by atoms with van der Waals surface area (Å²) in [5, 5.41) is 2.68. The number of carbonyl (C=O) groups is 2. The first-order valence-corrected chi connectivity index (χ1v) is 10.9. The van der Waals surface area contributed by atoms with E-state index in [0.717, 1.165) is 11.1 Å². The topological polar surface area (TPSA) is 89.5 Å². The van der Waals surface area contributed by atoms with Gasteiger partial charge in [-0.2, -0.15) is 0 Å². The molecule has 2 atom stereocenters. The van der Waals surface area contributed by atoms with Crippen molar-refractivity contribution in [2.45, 2.75) is 38.5 Å². The lowest BCUT2D eigenvalue weighted by Gasteiger charge is -2.15. The van der Waals surface area contributed by atoms with Gasteiger partial charge in [-0.25, -0.2) is 8.42 Å². The molecule has 8 heteroatoms. The van der Waals surface area contributed by atoms with Gasteiger partial charge in [-0.1, -0.05) is 17.7 Å². The minimum atomic E-state index is -2.96. The van der Waals surface area contributed by atoms with Gasteiger partial charge in [0.15, 0.2) is 15.9 Å². The van der Waals surface area contributed by atoms with Gasteiger partial charge >= 0.3 is 5.97 Å². The first-order chi connectivity index (χ1) is 11.7. The Balaban J connectivity index is 1.79. The molecule has 0 saturated carbocycles. The van der Waals surface area contributed by atoms with Crippen LogP contribution in [-0.2, 0) is 24.2 Å². The molecule has 1 heterocycles. The highest BCUT2D eigenvalue weighted by Gasteiger charge is 2.29. The zero-order chi connectivity index (χ0) is 18.6. The van der Waals surface area contributed by atoms with Crippen LogP contribution in [0, 0.1) is 13.8 Å². The third kappa shape index (κ3) is 6.04. The molecule has 1 aromatic rings. The van der Waals surface area contributed by atoms with E-state index in [9.17, 15) is 18.0 Å². The Hall–Kier alpha value is -1.54. The number of sulfone groups is 1. The van der Waals surface area contributed by atoms with Gasteiger partial charge in [0.1, 0.15) is 0 Å². The van der Waals surface area contributed by atoms with E-state index in [1.165, 1.54) is 18.7 Å². The lowest BCUT2D eigenvalue weighted by molar-refractivity contribution is -0.150. The van der Waals surface area contributed by atoms with Crippen molar-refractivity contribution in [3.8, 4) is 0 Å². The molecule has 138 valence electrons. The average Bonchev–Trinajstić information content (AvgIpc) is 2.87. The molecule has 0 aromatic heterocycles. The molecule has 0 radical (unpaired) electrons. The lowest BCUT2D eigenvalue weighted by Crippen LogP contribution is -2.31. The zero-order valence-electron chi connectivity index (χ0n) is 14.6. The van der Waals surface area contributed by atoms with Crippen molar-refractivity contribution < 1.29 is 22.7 Å². The third-order valence-corrected chi connectivity index (χ3v) is 7.20. The van der Waals surface area contributed by atoms with Crippen LogP contribution in [0.1, 0.15) is 24.5 Å². The summed E-state index contributed by atoms with van der Waals surface area (Å²) in [5.41, 5.74) is 2.72. The number of esters is 1. The Kier molecular flexibility index (Phi) is 6.51. The summed E-state index contributed by atoms with van der Waals surface area (Å²) < 4.78 is 27.9. The lowest BCUT2D eigenvalue weighted by atomic mass is 10.1. The summed E-state index contributed by atoms with van der Waals surface area (Å²) in [7, 11) is -2.96. The molecular formula is C17H23NO5S2.